The number of rotatable bonds is 4. The van der Waals surface area contributed by atoms with Gasteiger partial charge in [0.1, 0.15) is 5.75 Å². The first kappa shape index (κ1) is 16.5. The van der Waals surface area contributed by atoms with Gasteiger partial charge in [-0.2, -0.15) is 0 Å². The lowest BCUT2D eigenvalue weighted by Gasteiger charge is -2.38. The number of carbonyl (C=O) groups excluding carboxylic acids is 1. The lowest BCUT2D eigenvalue weighted by Crippen LogP contribution is -2.49. The number of ether oxygens (including phenoxy) is 1. The molecular formula is C20H24N2O2. The third kappa shape index (κ3) is 3.60. The van der Waals surface area contributed by atoms with E-state index in [1.807, 2.05) is 29.2 Å². The second kappa shape index (κ2) is 7.49. The number of carbonyl (C=O) groups is 1. The Morgan fingerprint density at radius 1 is 1.00 bits per heavy atom. The average Bonchev–Trinajstić information content (AvgIpc) is 2.67. The van der Waals surface area contributed by atoms with Gasteiger partial charge in [0.15, 0.2) is 0 Å². The third-order valence-electron chi connectivity index (χ3n) is 4.75. The van der Waals surface area contributed by atoms with Crippen LogP contribution < -0.4 is 4.74 Å². The van der Waals surface area contributed by atoms with Crippen molar-refractivity contribution in [3.8, 4) is 5.75 Å². The topological polar surface area (TPSA) is 32.8 Å². The molecule has 0 radical (unpaired) electrons. The molecule has 1 amide bonds. The maximum atomic E-state index is 12.7. The SMILES string of the molecule is COc1cccc(C(=O)N2CCN(C(C)c3ccccc3)CC2)c1. The first-order valence-electron chi connectivity index (χ1n) is 8.41. The Hall–Kier alpha value is -2.33. The molecule has 126 valence electrons. The number of methoxy groups -OCH3 is 1. The molecule has 2 aromatic carbocycles. The van der Waals surface area contributed by atoms with Crippen LogP contribution in [0, 0.1) is 0 Å². The zero-order valence-electron chi connectivity index (χ0n) is 14.3. The molecule has 1 saturated heterocycles. The highest BCUT2D eigenvalue weighted by Crippen LogP contribution is 2.22. The predicted octanol–water partition coefficient (Wildman–Crippen LogP) is 3.21. The lowest BCUT2D eigenvalue weighted by atomic mass is 10.1. The number of piperazine rings is 1. The maximum absolute atomic E-state index is 12.7. The molecule has 4 heteroatoms. The van der Waals surface area contributed by atoms with Crippen molar-refractivity contribution in [2.45, 2.75) is 13.0 Å². The molecule has 0 aromatic heterocycles. The van der Waals surface area contributed by atoms with Crippen LogP contribution in [-0.2, 0) is 0 Å². The van der Waals surface area contributed by atoms with Gasteiger partial charge < -0.3 is 9.64 Å². The van der Waals surface area contributed by atoms with Crippen LogP contribution in [0.1, 0.15) is 28.9 Å². The summed E-state index contributed by atoms with van der Waals surface area (Å²) in [6, 6.07) is 18.3. The summed E-state index contributed by atoms with van der Waals surface area (Å²) < 4.78 is 5.21. The Morgan fingerprint density at radius 2 is 1.71 bits per heavy atom. The Kier molecular flexibility index (Phi) is 5.16. The number of nitrogens with zero attached hydrogens (tertiary/aromatic N) is 2. The summed E-state index contributed by atoms with van der Waals surface area (Å²) in [5, 5.41) is 0. The van der Waals surface area contributed by atoms with Crippen LogP contribution in [0.4, 0.5) is 0 Å². The van der Waals surface area contributed by atoms with Gasteiger partial charge in [0, 0.05) is 37.8 Å². The number of hydrogen-bond acceptors (Lipinski definition) is 3. The highest BCUT2D eigenvalue weighted by atomic mass is 16.5. The van der Waals surface area contributed by atoms with E-state index in [4.69, 9.17) is 4.74 Å². The highest BCUT2D eigenvalue weighted by Gasteiger charge is 2.25. The van der Waals surface area contributed by atoms with Crippen molar-refractivity contribution in [2.75, 3.05) is 33.3 Å². The molecule has 1 heterocycles. The quantitative estimate of drug-likeness (QED) is 0.866. The Labute approximate surface area is 143 Å². The molecule has 3 rings (SSSR count). The minimum Gasteiger partial charge on any atom is -0.497 e. The van der Waals surface area contributed by atoms with Crippen LogP contribution >= 0.6 is 0 Å². The summed E-state index contributed by atoms with van der Waals surface area (Å²) in [5.74, 6) is 0.804. The van der Waals surface area contributed by atoms with Gasteiger partial charge in [-0.15, -0.1) is 0 Å². The molecule has 0 spiro atoms. The Bertz CT molecular complexity index is 679. The number of amides is 1. The molecule has 0 bridgehead atoms. The van der Waals surface area contributed by atoms with Crippen molar-refractivity contribution < 1.29 is 9.53 Å². The van der Waals surface area contributed by atoms with Crippen molar-refractivity contribution in [2.24, 2.45) is 0 Å². The van der Waals surface area contributed by atoms with Crippen molar-refractivity contribution in [1.82, 2.24) is 9.80 Å². The van der Waals surface area contributed by atoms with E-state index in [0.29, 0.717) is 11.6 Å². The number of hydrogen-bond donors (Lipinski definition) is 0. The minimum atomic E-state index is 0.0842. The summed E-state index contributed by atoms with van der Waals surface area (Å²) in [5.41, 5.74) is 2.02. The second-order valence-corrected chi connectivity index (χ2v) is 6.15. The fourth-order valence-corrected chi connectivity index (χ4v) is 3.19. The van der Waals surface area contributed by atoms with Crippen molar-refractivity contribution in [3.63, 3.8) is 0 Å². The smallest absolute Gasteiger partial charge is 0.254 e. The standard InChI is InChI=1S/C20H24N2O2/c1-16(17-7-4-3-5-8-17)21-11-13-22(14-12-21)20(23)18-9-6-10-19(15-18)24-2/h3-10,15-16H,11-14H2,1-2H3. The molecule has 0 saturated carbocycles. The van der Waals surface area contributed by atoms with Crippen LogP contribution in [0.15, 0.2) is 54.6 Å². The normalized spacial score (nSPS) is 16.7. The summed E-state index contributed by atoms with van der Waals surface area (Å²) in [6.07, 6.45) is 0. The van der Waals surface area contributed by atoms with E-state index in [9.17, 15) is 4.79 Å². The maximum Gasteiger partial charge on any atom is 0.254 e. The lowest BCUT2D eigenvalue weighted by molar-refractivity contribution is 0.0582. The zero-order chi connectivity index (χ0) is 16.9. The van der Waals surface area contributed by atoms with Gasteiger partial charge in [0.25, 0.3) is 5.91 Å². The van der Waals surface area contributed by atoms with Crippen LogP contribution in [0.25, 0.3) is 0 Å². The van der Waals surface area contributed by atoms with Gasteiger partial charge in [-0.1, -0.05) is 36.4 Å². The van der Waals surface area contributed by atoms with Crippen LogP contribution in [0.2, 0.25) is 0 Å². The summed E-state index contributed by atoms with van der Waals surface area (Å²) in [7, 11) is 1.62. The molecule has 1 aliphatic rings. The number of benzene rings is 2. The Balaban J connectivity index is 1.61. The van der Waals surface area contributed by atoms with E-state index >= 15 is 0 Å². The van der Waals surface area contributed by atoms with E-state index in [2.05, 4.69) is 36.1 Å². The van der Waals surface area contributed by atoms with E-state index in [-0.39, 0.29) is 5.91 Å². The van der Waals surface area contributed by atoms with E-state index in [0.717, 1.165) is 31.9 Å². The molecule has 1 atom stereocenters. The Morgan fingerprint density at radius 3 is 2.38 bits per heavy atom. The van der Waals surface area contributed by atoms with Gasteiger partial charge in [-0.3, -0.25) is 9.69 Å². The highest BCUT2D eigenvalue weighted by molar-refractivity contribution is 5.94. The fourth-order valence-electron chi connectivity index (χ4n) is 3.19. The summed E-state index contributed by atoms with van der Waals surface area (Å²) in [6.45, 7) is 5.53. The first-order valence-corrected chi connectivity index (χ1v) is 8.41. The third-order valence-corrected chi connectivity index (χ3v) is 4.75. The van der Waals surface area contributed by atoms with Gasteiger partial charge in [0.2, 0.25) is 0 Å². The van der Waals surface area contributed by atoms with Gasteiger partial charge in [-0.25, -0.2) is 0 Å². The van der Waals surface area contributed by atoms with Gasteiger partial charge in [-0.05, 0) is 30.7 Å². The zero-order valence-corrected chi connectivity index (χ0v) is 14.3. The molecule has 4 nitrogen and oxygen atoms in total. The van der Waals surface area contributed by atoms with E-state index < -0.39 is 0 Å². The molecule has 2 aromatic rings. The van der Waals surface area contributed by atoms with Gasteiger partial charge in [0.05, 0.1) is 7.11 Å². The largest absolute Gasteiger partial charge is 0.497 e. The minimum absolute atomic E-state index is 0.0842. The fraction of sp³-hybridized carbons (Fsp3) is 0.350. The molecule has 1 unspecified atom stereocenters. The molecule has 1 fully saturated rings. The van der Waals surface area contributed by atoms with Crippen LogP contribution in [0.5, 0.6) is 5.75 Å². The monoisotopic (exact) mass is 324 g/mol. The predicted molar refractivity (Wildman–Crippen MR) is 95.3 cm³/mol. The van der Waals surface area contributed by atoms with Crippen molar-refractivity contribution in [1.29, 1.82) is 0 Å². The molecular weight excluding hydrogens is 300 g/mol. The second-order valence-electron chi connectivity index (χ2n) is 6.15. The summed E-state index contributed by atoms with van der Waals surface area (Å²) in [4.78, 5) is 17.0. The molecule has 24 heavy (non-hydrogen) atoms. The van der Waals surface area contributed by atoms with Gasteiger partial charge >= 0.3 is 0 Å². The van der Waals surface area contributed by atoms with Crippen molar-refractivity contribution in [3.05, 3.63) is 65.7 Å². The van der Waals surface area contributed by atoms with E-state index in [1.165, 1.54) is 5.56 Å². The molecule has 0 N–H and O–H groups in total. The first-order chi connectivity index (χ1) is 11.7. The van der Waals surface area contributed by atoms with Crippen molar-refractivity contribution >= 4 is 5.91 Å². The van der Waals surface area contributed by atoms with E-state index in [1.54, 1.807) is 13.2 Å². The van der Waals surface area contributed by atoms with Crippen LogP contribution in [-0.4, -0.2) is 49.0 Å². The molecule has 0 aliphatic carbocycles. The van der Waals surface area contributed by atoms with Crippen LogP contribution in [0.3, 0.4) is 0 Å². The average molecular weight is 324 g/mol. The summed E-state index contributed by atoms with van der Waals surface area (Å²) >= 11 is 0. The molecule has 1 aliphatic heterocycles.